The van der Waals surface area contributed by atoms with Crippen LogP contribution in [0.5, 0.6) is 17.2 Å². The molecule has 29 heavy (non-hydrogen) atoms. The average Bonchev–Trinajstić information content (AvgIpc) is 2.77. The zero-order chi connectivity index (χ0) is 20.9. The smallest absolute Gasteiger partial charge is 0.264 e. The average molecular weight is 413 g/mol. The predicted molar refractivity (Wildman–Crippen MR) is 112 cm³/mol. The summed E-state index contributed by atoms with van der Waals surface area (Å²) < 4.78 is 44.0. The number of sulfonamides is 1. The van der Waals surface area contributed by atoms with Gasteiger partial charge in [-0.15, -0.1) is 0 Å². The van der Waals surface area contributed by atoms with E-state index in [4.69, 9.17) is 14.2 Å². The second-order valence-corrected chi connectivity index (χ2v) is 8.07. The molecule has 0 aliphatic heterocycles. The van der Waals surface area contributed by atoms with Crippen LogP contribution in [-0.2, 0) is 16.6 Å². The van der Waals surface area contributed by atoms with E-state index in [0.717, 1.165) is 5.56 Å². The Morgan fingerprint density at radius 1 is 0.759 bits per heavy atom. The van der Waals surface area contributed by atoms with Gasteiger partial charge in [0.25, 0.3) is 10.0 Å². The Morgan fingerprint density at radius 2 is 1.41 bits per heavy atom. The summed E-state index contributed by atoms with van der Waals surface area (Å²) in [4.78, 5) is 0.219. The van der Waals surface area contributed by atoms with Crippen molar-refractivity contribution in [1.29, 1.82) is 0 Å². The van der Waals surface area contributed by atoms with E-state index in [0.29, 0.717) is 22.9 Å². The summed E-state index contributed by atoms with van der Waals surface area (Å²) in [5.41, 5.74) is 1.29. The molecule has 0 heterocycles. The minimum absolute atomic E-state index is 0.129. The van der Waals surface area contributed by atoms with Gasteiger partial charge in [-0.25, -0.2) is 8.42 Å². The second kappa shape index (κ2) is 8.87. The van der Waals surface area contributed by atoms with Gasteiger partial charge in [0.1, 0.15) is 5.75 Å². The summed E-state index contributed by atoms with van der Waals surface area (Å²) in [6.45, 7) is 0.129. The first-order chi connectivity index (χ1) is 14.0. The zero-order valence-electron chi connectivity index (χ0n) is 16.5. The van der Waals surface area contributed by atoms with Crippen molar-refractivity contribution < 1.29 is 22.6 Å². The van der Waals surface area contributed by atoms with Gasteiger partial charge in [0.15, 0.2) is 11.5 Å². The molecule has 152 valence electrons. The highest BCUT2D eigenvalue weighted by Gasteiger charge is 2.25. The minimum atomic E-state index is -3.79. The zero-order valence-corrected chi connectivity index (χ0v) is 17.3. The van der Waals surface area contributed by atoms with Crippen molar-refractivity contribution in [2.75, 3.05) is 25.6 Å². The van der Waals surface area contributed by atoms with Crippen molar-refractivity contribution in [3.05, 3.63) is 78.4 Å². The largest absolute Gasteiger partial charge is 0.497 e. The molecule has 0 saturated heterocycles. The van der Waals surface area contributed by atoms with Crippen LogP contribution in [0.25, 0.3) is 0 Å². The molecule has 0 fully saturated rings. The first kappa shape index (κ1) is 20.5. The van der Waals surface area contributed by atoms with E-state index in [1.165, 1.54) is 4.31 Å². The fourth-order valence-electron chi connectivity index (χ4n) is 2.93. The monoisotopic (exact) mass is 413 g/mol. The molecule has 3 aromatic rings. The van der Waals surface area contributed by atoms with E-state index in [1.807, 2.05) is 6.07 Å². The van der Waals surface area contributed by atoms with Crippen molar-refractivity contribution >= 4 is 15.7 Å². The topological polar surface area (TPSA) is 65.1 Å². The first-order valence-corrected chi connectivity index (χ1v) is 10.4. The van der Waals surface area contributed by atoms with Gasteiger partial charge in [-0.05, 0) is 54.1 Å². The molecule has 3 rings (SSSR count). The Morgan fingerprint density at radius 3 is 2.00 bits per heavy atom. The van der Waals surface area contributed by atoms with Gasteiger partial charge in [0.05, 0.1) is 38.5 Å². The first-order valence-electron chi connectivity index (χ1n) is 8.92. The summed E-state index contributed by atoms with van der Waals surface area (Å²) in [6, 6.07) is 20.6. The van der Waals surface area contributed by atoms with Crippen LogP contribution in [0.15, 0.2) is 77.7 Å². The van der Waals surface area contributed by atoms with Gasteiger partial charge < -0.3 is 14.2 Å². The predicted octanol–water partition coefficient (Wildman–Crippen LogP) is 4.11. The van der Waals surface area contributed by atoms with E-state index < -0.39 is 10.0 Å². The van der Waals surface area contributed by atoms with Gasteiger partial charge in [0, 0.05) is 0 Å². The lowest BCUT2D eigenvalue weighted by atomic mass is 10.2. The van der Waals surface area contributed by atoms with Crippen LogP contribution in [0.3, 0.4) is 0 Å². The fourth-order valence-corrected chi connectivity index (χ4v) is 4.40. The SMILES string of the molecule is COc1ccc(N(Cc2ccc(OC)c(OC)c2)S(=O)(=O)c2ccccc2)cc1. The van der Waals surface area contributed by atoms with Crippen molar-refractivity contribution in [2.24, 2.45) is 0 Å². The van der Waals surface area contributed by atoms with Gasteiger partial charge in [0.2, 0.25) is 0 Å². The minimum Gasteiger partial charge on any atom is -0.497 e. The highest BCUT2D eigenvalue weighted by molar-refractivity contribution is 7.92. The third-order valence-electron chi connectivity index (χ3n) is 4.47. The molecule has 0 amide bonds. The van der Waals surface area contributed by atoms with Gasteiger partial charge >= 0.3 is 0 Å². The maximum Gasteiger partial charge on any atom is 0.264 e. The molecule has 0 bridgehead atoms. The van der Waals surface area contributed by atoms with Gasteiger partial charge in [-0.3, -0.25) is 4.31 Å². The maximum atomic E-state index is 13.4. The van der Waals surface area contributed by atoms with Crippen LogP contribution in [0.4, 0.5) is 5.69 Å². The van der Waals surface area contributed by atoms with Crippen LogP contribution in [-0.4, -0.2) is 29.7 Å². The molecule has 0 saturated carbocycles. The lowest BCUT2D eigenvalue weighted by Gasteiger charge is -2.25. The van der Waals surface area contributed by atoms with E-state index >= 15 is 0 Å². The van der Waals surface area contributed by atoms with E-state index in [9.17, 15) is 8.42 Å². The Balaban J connectivity index is 2.05. The van der Waals surface area contributed by atoms with Crippen LogP contribution >= 0.6 is 0 Å². The van der Waals surface area contributed by atoms with Crippen molar-refractivity contribution in [3.63, 3.8) is 0 Å². The summed E-state index contributed by atoms with van der Waals surface area (Å²) in [5.74, 6) is 1.77. The molecular formula is C22H23NO5S. The van der Waals surface area contributed by atoms with E-state index in [-0.39, 0.29) is 11.4 Å². The molecule has 0 atom stereocenters. The molecule has 0 aliphatic rings. The lowest BCUT2D eigenvalue weighted by Crippen LogP contribution is -2.30. The quantitative estimate of drug-likeness (QED) is 0.556. The van der Waals surface area contributed by atoms with Gasteiger partial charge in [-0.1, -0.05) is 24.3 Å². The van der Waals surface area contributed by atoms with E-state index in [2.05, 4.69) is 0 Å². The molecule has 6 nitrogen and oxygen atoms in total. The Bertz CT molecular complexity index is 1050. The van der Waals surface area contributed by atoms with Crippen LogP contribution in [0.1, 0.15) is 5.56 Å². The third kappa shape index (κ3) is 4.46. The fraction of sp³-hybridized carbons (Fsp3) is 0.182. The number of nitrogens with zero attached hydrogens (tertiary/aromatic N) is 1. The van der Waals surface area contributed by atoms with Crippen molar-refractivity contribution in [1.82, 2.24) is 0 Å². The Kier molecular flexibility index (Phi) is 6.29. The highest BCUT2D eigenvalue weighted by atomic mass is 32.2. The third-order valence-corrected chi connectivity index (χ3v) is 6.25. The number of anilines is 1. The normalized spacial score (nSPS) is 11.0. The summed E-state index contributed by atoms with van der Waals surface area (Å²) >= 11 is 0. The van der Waals surface area contributed by atoms with Crippen LogP contribution in [0.2, 0.25) is 0 Å². The number of hydrogen-bond donors (Lipinski definition) is 0. The highest BCUT2D eigenvalue weighted by Crippen LogP contribution is 2.31. The summed E-state index contributed by atoms with van der Waals surface area (Å²) in [5, 5.41) is 0. The number of rotatable bonds is 8. The van der Waals surface area contributed by atoms with Crippen LogP contribution < -0.4 is 18.5 Å². The number of hydrogen-bond acceptors (Lipinski definition) is 5. The van der Waals surface area contributed by atoms with Gasteiger partial charge in [-0.2, -0.15) is 0 Å². The molecule has 7 heteroatoms. The summed E-state index contributed by atoms with van der Waals surface area (Å²) in [6.07, 6.45) is 0. The molecular weight excluding hydrogens is 390 g/mol. The van der Waals surface area contributed by atoms with E-state index in [1.54, 1.807) is 88.1 Å². The second-order valence-electron chi connectivity index (χ2n) is 6.21. The number of methoxy groups -OCH3 is 3. The Labute approximate surface area is 171 Å². The number of benzene rings is 3. The molecule has 0 aromatic heterocycles. The molecule has 0 aliphatic carbocycles. The molecule has 3 aromatic carbocycles. The summed E-state index contributed by atoms with van der Waals surface area (Å²) in [7, 11) is 0.882. The standard InChI is InChI=1S/C22H23NO5S/c1-26-19-12-10-18(11-13-19)23(29(24,25)20-7-5-4-6-8-20)16-17-9-14-21(27-2)22(15-17)28-3/h4-15H,16H2,1-3H3. The molecule has 0 unspecified atom stereocenters. The van der Waals surface area contributed by atoms with Crippen molar-refractivity contribution in [2.45, 2.75) is 11.4 Å². The molecule has 0 spiro atoms. The maximum absolute atomic E-state index is 13.4. The lowest BCUT2D eigenvalue weighted by molar-refractivity contribution is 0.354. The number of ether oxygens (including phenoxy) is 3. The molecule has 0 radical (unpaired) electrons. The Hall–Kier alpha value is -3.19. The van der Waals surface area contributed by atoms with Crippen molar-refractivity contribution in [3.8, 4) is 17.2 Å². The molecule has 0 N–H and O–H groups in total. The van der Waals surface area contributed by atoms with Crippen LogP contribution in [0, 0.1) is 0 Å².